The zero-order valence-corrected chi connectivity index (χ0v) is 12.6. The van der Waals surface area contributed by atoms with Crippen LogP contribution in [0, 0.1) is 5.41 Å². The van der Waals surface area contributed by atoms with Gasteiger partial charge in [-0.1, -0.05) is 6.92 Å². The molecule has 0 atom stereocenters. The van der Waals surface area contributed by atoms with Gasteiger partial charge in [0.1, 0.15) is 0 Å². The third-order valence-corrected chi connectivity index (χ3v) is 2.99. The van der Waals surface area contributed by atoms with Gasteiger partial charge < -0.3 is 9.84 Å². The Labute approximate surface area is 120 Å². The highest BCUT2D eigenvalue weighted by Crippen LogP contribution is 2.21. The molecule has 118 valence electrons. The van der Waals surface area contributed by atoms with Crippen LogP contribution in [0.25, 0.3) is 0 Å². The van der Waals surface area contributed by atoms with E-state index in [2.05, 4.69) is 0 Å². The van der Waals surface area contributed by atoms with Crippen LogP contribution < -0.4 is 0 Å². The van der Waals surface area contributed by atoms with Crippen LogP contribution in [0.3, 0.4) is 0 Å². The van der Waals surface area contributed by atoms with Crippen molar-refractivity contribution in [2.24, 2.45) is 5.41 Å². The molecule has 0 rings (SSSR count). The summed E-state index contributed by atoms with van der Waals surface area (Å²) >= 11 is 0. The molecule has 0 aromatic heterocycles. The molecule has 0 aromatic rings. The summed E-state index contributed by atoms with van der Waals surface area (Å²) in [6.45, 7) is 6.74. The lowest BCUT2D eigenvalue weighted by atomic mass is 9.91. The molecule has 0 fully saturated rings. The summed E-state index contributed by atoms with van der Waals surface area (Å²) in [6.07, 6.45) is 2.69. The van der Waals surface area contributed by atoms with Crippen LogP contribution in [-0.4, -0.2) is 36.9 Å². The summed E-state index contributed by atoms with van der Waals surface area (Å²) in [5.74, 6) is -1.02. The van der Waals surface area contributed by atoms with Crippen molar-refractivity contribution in [3.05, 3.63) is 0 Å². The van der Waals surface area contributed by atoms with Crippen LogP contribution in [0.1, 0.15) is 52.9 Å². The van der Waals surface area contributed by atoms with Gasteiger partial charge in [-0.05, 0) is 39.5 Å². The minimum absolute atomic E-state index is 0.0759. The molecule has 0 spiro atoms. The van der Waals surface area contributed by atoms with E-state index in [1.165, 1.54) is 0 Å². The zero-order chi connectivity index (χ0) is 15.4. The SMILES string of the molecule is CCC(C)(C)C(=O)OCCCCOOCCCC(=O)O. The monoisotopic (exact) mass is 290 g/mol. The van der Waals surface area contributed by atoms with Crippen LogP contribution in [0.15, 0.2) is 0 Å². The summed E-state index contributed by atoms with van der Waals surface area (Å²) in [6, 6.07) is 0. The van der Waals surface area contributed by atoms with E-state index in [0.29, 0.717) is 26.1 Å². The molecular formula is C14H26O6. The van der Waals surface area contributed by atoms with Gasteiger partial charge in [0.05, 0.1) is 25.2 Å². The molecule has 0 aliphatic heterocycles. The van der Waals surface area contributed by atoms with E-state index in [1.807, 2.05) is 20.8 Å². The van der Waals surface area contributed by atoms with Crippen LogP contribution in [-0.2, 0) is 24.1 Å². The minimum atomic E-state index is -0.842. The van der Waals surface area contributed by atoms with Crippen molar-refractivity contribution in [2.45, 2.75) is 52.9 Å². The van der Waals surface area contributed by atoms with Gasteiger partial charge in [0.25, 0.3) is 0 Å². The average molecular weight is 290 g/mol. The number of ether oxygens (including phenoxy) is 1. The Morgan fingerprint density at radius 3 is 2.10 bits per heavy atom. The van der Waals surface area contributed by atoms with Gasteiger partial charge in [-0.3, -0.25) is 9.59 Å². The molecular weight excluding hydrogens is 264 g/mol. The normalized spacial score (nSPS) is 11.3. The number of carbonyl (C=O) groups is 2. The van der Waals surface area contributed by atoms with Gasteiger partial charge in [-0.15, -0.1) is 0 Å². The summed E-state index contributed by atoms with van der Waals surface area (Å²) in [5.41, 5.74) is -0.427. The van der Waals surface area contributed by atoms with Crippen molar-refractivity contribution in [1.29, 1.82) is 0 Å². The maximum absolute atomic E-state index is 11.6. The third kappa shape index (κ3) is 9.75. The molecule has 0 heterocycles. The summed E-state index contributed by atoms with van der Waals surface area (Å²) in [5, 5.41) is 8.40. The number of aliphatic carboxylic acids is 1. The topological polar surface area (TPSA) is 82.1 Å². The number of esters is 1. The van der Waals surface area contributed by atoms with E-state index >= 15 is 0 Å². The van der Waals surface area contributed by atoms with E-state index in [9.17, 15) is 9.59 Å². The predicted molar refractivity (Wildman–Crippen MR) is 73.0 cm³/mol. The molecule has 6 nitrogen and oxygen atoms in total. The molecule has 0 aromatic carbocycles. The smallest absolute Gasteiger partial charge is 0.311 e. The Balaban J connectivity index is 3.33. The number of carboxylic acid groups (broad SMARTS) is 1. The summed E-state index contributed by atoms with van der Waals surface area (Å²) < 4.78 is 5.17. The predicted octanol–water partition coefficient (Wildman–Crippen LogP) is 2.56. The lowest BCUT2D eigenvalue weighted by molar-refractivity contribution is -0.295. The lowest BCUT2D eigenvalue weighted by Gasteiger charge is -2.20. The van der Waals surface area contributed by atoms with Crippen molar-refractivity contribution in [3.8, 4) is 0 Å². The third-order valence-electron chi connectivity index (χ3n) is 2.99. The van der Waals surface area contributed by atoms with E-state index in [4.69, 9.17) is 19.6 Å². The zero-order valence-electron chi connectivity index (χ0n) is 12.6. The van der Waals surface area contributed by atoms with E-state index in [1.54, 1.807) is 0 Å². The first kappa shape index (κ1) is 18.9. The second-order valence-electron chi connectivity index (χ2n) is 5.22. The van der Waals surface area contributed by atoms with Gasteiger partial charge in [-0.25, -0.2) is 9.78 Å². The minimum Gasteiger partial charge on any atom is -0.481 e. The van der Waals surface area contributed by atoms with Crippen molar-refractivity contribution in [2.75, 3.05) is 19.8 Å². The quantitative estimate of drug-likeness (QED) is 0.257. The standard InChI is InChI=1S/C14H26O6/c1-4-14(2,3)13(17)18-9-5-6-10-19-20-11-7-8-12(15)16/h4-11H2,1-3H3,(H,15,16). The van der Waals surface area contributed by atoms with Crippen LogP contribution >= 0.6 is 0 Å². The Hall–Kier alpha value is -1.14. The molecule has 0 amide bonds. The van der Waals surface area contributed by atoms with Crippen LogP contribution in [0.5, 0.6) is 0 Å². The Bertz CT molecular complexity index is 287. The van der Waals surface area contributed by atoms with E-state index in [-0.39, 0.29) is 19.0 Å². The first-order chi connectivity index (χ1) is 9.40. The second kappa shape index (κ2) is 10.6. The molecule has 0 saturated carbocycles. The number of carboxylic acids is 1. The van der Waals surface area contributed by atoms with Crippen LogP contribution in [0.4, 0.5) is 0 Å². The fourth-order valence-electron chi connectivity index (χ4n) is 1.17. The fourth-order valence-corrected chi connectivity index (χ4v) is 1.17. The maximum atomic E-state index is 11.6. The fraction of sp³-hybridized carbons (Fsp3) is 0.857. The number of rotatable bonds is 12. The molecule has 1 N–H and O–H groups in total. The number of carbonyl (C=O) groups excluding carboxylic acids is 1. The molecule has 6 heteroatoms. The second-order valence-corrected chi connectivity index (χ2v) is 5.22. The van der Waals surface area contributed by atoms with E-state index in [0.717, 1.165) is 12.8 Å². The maximum Gasteiger partial charge on any atom is 0.311 e. The number of hydrogen-bond donors (Lipinski definition) is 1. The van der Waals surface area contributed by atoms with Gasteiger partial charge in [0.15, 0.2) is 0 Å². The number of unbranched alkanes of at least 4 members (excludes halogenated alkanes) is 1. The first-order valence-electron chi connectivity index (χ1n) is 7.03. The van der Waals surface area contributed by atoms with Crippen molar-refractivity contribution >= 4 is 11.9 Å². The highest BCUT2D eigenvalue weighted by Gasteiger charge is 2.26. The first-order valence-corrected chi connectivity index (χ1v) is 7.03. The Morgan fingerprint density at radius 2 is 1.55 bits per heavy atom. The van der Waals surface area contributed by atoms with E-state index < -0.39 is 11.4 Å². The Morgan fingerprint density at radius 1 is 1.00 bits per heavy atom. The molecule has 0 radical (unpaired) electrons. The Kier molecular flexibility index (Phi) is 10.0. The highest BCUT2D eigenvalue weighted by atomic mass is 17.2. The largest absolute Gasteiger partial charge is 0.481 e. The summed E-state index contributed by atoms with van der Waals surface area (Å²) in [7, 11) is 0. The molecule has 20 heavy (non-hydrogen) atoms. The molecule has 0 saturated heterocycles. The van der Waals surface area contributed by atoms with Gasteiger partial charge in [-0.2, -0.15) is 0 Å². The molecule has 0 bridgehead atoms. The van der Waals surface area contributed by atoms with Gasteiger partial charge in [0.2, 0.25) is 0 Å². The van der Waals surface area contributed by atoms with Crippen molar-refractivity contribution < 1.29 is 29.2 Å². The van der Waals surface area contributed by atoms with Crippen molar-refractivity contribution in [3.63, 3.8) is 0 Å². The number of hydrogen-bond acceptors (Lipinski definition) is 5. The van der Waals surface area contributed by atoms with Gasteiger partial charge in [0, 0.05) is 6.42 Å². The molecule has 0 unspecified atom stereocenters. The summed E-state index contributed by atoms with van der Waals surface area (Å²) in [4.78, 5) is 31.5. The lowest BCUT2D eigenvalue weighted by Crippen LogP contribution is -2.26. The average Bonchev–Trinajstić information content (AvgIpc) is 2.40. The molecule has 0 aliphatic carbocycles. The highest BCUT2D eigenvalue weighted by molar-refractivity contribution is 5.75. The molecule has 0 aliphatic rings. The van der Waals surface area contributed by atoms with Crippen molar-refractivity contribution in [1.82, 2.24) is 0 Å². The van der Waals surface area contributed by atoms with Gasteiger partial charge >= 0.3 is 11.9 Å². The van der Waals surface area contributed by atoms with Crippen LogP contribution in [0.2, 0.25) is 0 Å².